The molecule has 0 radical (unpaired) electrons. The molecule has 5 nitrogen and oxygen atoms in total. The van der Waals surface area contributed by atoms with Gasteiger partial charge in [0.25, 0.3) is 5.91 Å². The number of hydrogen-bond donors (Lipinski definition) is 3. The third-order valence-electron chi connectivity index (χ3n) is 3.30. The summed E-state index contributed by atoms with van der Waals surface area (Å²) in [7, 11) is 0. The Labute approximate surface area is 125 Å². The van der Waals surface area contributed by atoms with Gasteiger partial charge in [-0.1, -0.05) is 0 Å². The third kappa shape index (κ3) is 4.73. The van der Waals surface area contributed by atoms with Crippen molar-refractivity contribution in [2.75, 3.05) is 25.0 Å². The zero-order valence-corrected chi connectivity index (χ0v) is 11.7. The van der Waals surface area contributed by atoms with Crippen LogP contribution in [0.1, 0.15) is 16.8 Å². The maximum atomic E-state index is 12.0. The number of carbonyl (C=O) groups is 2. The number of hydrogen-bond acceptors (Lipinski definition) is 3. The lowest BCUT2D eigenvalue weighted by molar-refractivity contribution is -0.123. The van der Waals surface area contributed by atoms with Crippen LogP contribution in [0.3, 0.4) is 0 Å². The smallest absolute Gasteiger partial charge is 0.343 e. The van der Waals surface area contributed by atoms with E-state index >= 15 is 0 Å². The fraction of sp³-hybridized carbons (Fsp3) is 0.429. The molecule has 8 heteroatoms. The van der Waals surface area contributed by atoms with Crippen molar-refractivity contribution in [1.82, 2.24) is 10.6 Å². The molecule has 1 atom stereocenters. The van der Waals surface area contributed by atoms with Gasteiger partial charge in [-0.3, -0.25) is 9.59 Å². The molecular weight excluding hydrogens is 299 g/mol. The molecule has 0 aliphatic carbocycles. The normalized spacial score (nSPS) is 18.0. The van der Waals surface area contributed by atoms with Crippen molar-refractivity contribution in [3.8, 4) is 0 Å². The number of alkyl halides is 3. The van der Waals surface area contributed by atoms with E-state index in [0.29, 0.717) is 12.2 Å². The largest absolute Gasteiger partial charge is 0.405 e. The highest BCUT2D eigenvalue weighted by Gasteiger charge is 2.28. The van der Waals surface area contributed by atoms with Gasteiger partial charge in [0, 0.05) is 17.8 Å². The first-order chi connectivity index (χ1) is 10.3. The summed E-state index contributed by atoms with van der Waals surface area (Å²) in [5.41, 5.74) is 0.606. The molecule has 1 saturated heterocycles. The predicted octanol–water partition coefficient (Wildman–Crippen LogP) is 1.53. The molecule has 0 aromatic heterocycles. The molecule has 1 heterocycles. The van der Waals surface area contributed by atoms with Crippen LogP contribution in [-0.2, 0) is 4.79 Å². The Morgan fingerprint density at radius 2 is 1.91 bits per heavy atom. The lowest BCUT2D eigenvalue weighted by atomic mass is 10.1. The summed E-state index contributed by atoms with van der Waals surface area (Å²) in [5, 5.41) is 7.58. The molecule has 1 aliphatic rings. The number of halogens is 3. The summed E-state index contributed by atoms with van der Waals surface area (Å²) in [6.07, 6.45) is -3.68. The SMILES string of the molecule is O=C(NCC(F)(F)F)c1ccc(NC(=O)C2CCNC2)cc1. The van der Waals surface area contributed by atoms with Crippen LogP contribution in [0.2, 0.25) is 0 Å². The van der Waals surface area contributed by atoms with E-state index in [0.717, 1.165) is 13.0 Å². The highest BCUT2D eigenvalue weighted by Crippen LogP contribution is 2.15. The Kier molecular flexibility index (Phi) is 5.02. The van der Waals surface area contributed by atoms with Crippen molar-refractivity contribution >= 4 is 17.5 Å². The fourth-order valence-corrected chi connectivity index (χ4v) is 2.11. The van der Waals surface area contributed by atoms with Crippen LogP contribution in [0, 0.1) is 5.92 Å². The van der Waals surface area contributed by atoms with E-state index in [1.165, 1.54) is 24.3 Å². The number of anilines is 1. The van der Waals surface area contributed by atoms with Gasteiger partial charge in [0.1, 0.15) is 6.54 Å². The minimum absolute atomic E-state index is 0.0882. The van der Waals surface area contributed by atoms with Crippen LogP contribution in [0.15, 0.2) is 24.3 Å². The van der Waals surface area contributed by atoms with Gasteiger partial charge in [-0.15, -0.1) is 0 Å². The summed E-state index contributed by atoms with van der Waals surface area (Å²) < 4.78 is 36.1. The first-order valence-corrected chi connectivity index (χ1v) is 6.82. The van der Waals surface area contributed by atoms with Gasteiger partial charge < -0.3 is 16.0 Å². The fourth-order valence-electron chi connectivity index (χ4n) is 2.11. The maximum absolute atomic E-state index is 12.0. The summed E-state index contributed by atoms with van der Waals surface area (Å²) in [6.45, 7) is 0.0547. The van der Waals surface area contributed by atoms with E-state index in [9.17, 15) is 22.8 Å². The van der Waals surface area contributed by atoms with Gasteiger partial charge in [0.15, 0.2) is 0 Å². The quantitative estimate of drug-likeness (QED) is 0.789. The van der Waals surface area contributed by atoms with Crippen LogP contribution < -0.4 is 16.0 Å². The Morgan fingerprint density at radius 1 is 1.23 bits per heavy atom. The highest BCUT2D eigenvalue weighted by molar-refractivity contribution is 5.96. The number of rotatable bonds is 4. The molecule has 1 aromatic rings. The second-order valence-corrected chi connectivity index (χ2v) is 5.05. The van der Waals surface area contributed by atoms with E-state index in [2.05, 4.69) is 10.6 Å². The van der Waals surface area contributed by atoms with Gasteiger partial charge in [-0.2, -0.15) is 13.2 Å². The second kappa shape index (κ2) is 6.78. The zero-order chi connectivity index (χ0) is 16.2. The molecule has 22 heavy (non-hydrogen) atoms. The van der Waals surface area contributed by atoms with Gasteiger partial charge in [-0.05, 0) is 37.2 Å². The van der Waals surface area contributed by atoms with Crippen molar-refractivity contribution in [2.24, 2.45) is 5.92 Å². The summed E-state index contributed by atoms with van der Waals surface area (Å²) in [6, 6.07) is 5.72. The molecule has 3 N–H and O–H groups in total. The van der Waals surface area contributed by atoms with Crippen LogP contribution in [0.5, 0.6) is 0 Å². The second-order valence-electron chi connectivity index (χ2n) is 5.05. The number of benzene rings is 1. The predicted molar refractivity (Wildman–Crippen MR) is 74.4 cm³/mol. The van der Waals surface area contributed by atoms with Crippen molar-refractivity contribution in [3.63, 3.8) is 0 Å². The van der Waals surface area contributed by atoms with E-state index in [1.807, 2.05) is 0 Å². The first-order valence-electron chi connectivity index (χ1n) is 6.82. The van der Waals surface area contributed by atoms with Gasteiger partial charge in [0.05, 0.1) is 5.92 Å². The van der Waals surface area contributed by atoms with Crippen LogP contribution >= 0.6 is 0 Å². The summed E-state index contributed by atoms with van der Waals surface area (Å²) >= 11 is 0. The molecule has 1 aliphatic heterocycles. The van der Waals surface area contributed by atoms with Crippen molar-refractivity contribution < 1.29 is 22.8 Å². The van der Waals surface area contributed by atoms with Crippen molar-refractivity contribution in [3.05, 3.63) is 29.8 Å². The van der Waals surface area contributed by atoms with Crippen LogP contribution in [-0.4, -0.2) is 37.6 Å². The topological polar surface area (TPSA) is 70.2 Å². The molecular formula is C14H16F3N3O2. The number of nitrogens with one attached hydrogen (secondary N) is 3. The average molecular weight is 315 g/mol. The standard InChI is InChI=1S/C14H16F3N3O2/c15-14(16,17)8-19-12(21)9-1-3-11(4-2-9)20-13(22)10-5-6-18-7-10/h1-4,10,18H,5-8H2,(H,19,21)(H,20,22). The van der Waals surface area contributed by atoms with E-state index in [4.69, 9.17) is 0 Å². The monoisotopic (exact) mass is 315 g/mol. The Bertz CT molecular complexity index is 537. The third-order valence-corrected chi connectivity index (χ3v) is 3.30. The number of carbonyl (C=O) groups excluding carboxylic acids is 2. The van der Waals surface area contributed by atoms with Gasteiger partial charge >= 0.3 is 6.18 Å². The van der Waals surface area contributed by atoms with Crippen molar-refractivity contribution in [2.45, 2.75) is 12.6 Å². The average Bonchev–Trinajstić information content (AvgIpc) is 2.99. The Morgan fingerprint density at radius 3 is 2.45 bits per heavy atom. The van der Waals surface area contributed by atoms with Gasteiger partial charge in [0.2, 0.25) is 5.91 Å². The van der Waals surface area contributed by atoms with E-state index in [-0.39, 0.29) is 17.4 Å². The lowest BCUT2D eigenvalue weighted by Crippen LogP contribution is -2.33. The summed E-state index contributed by atoms with van der Waals surface area (Å²) in [5.74, 6) is -1.01. The lowest BCUT2D eigenvalue weighted by Gasteiger charge is -2.11. The molecule has 120 valence electrons. The molecule has 0 saturated carbocycles. The molecule has 2 rings (SSSR count). The minimum atomic E-state index is -4.45. The first kappa shape index (κ1) is 16.3. The zero-order valence-electron chi connectivity index (χ0n) is 11.7. The molecule has 2 amide bonds. The number of amides is 2. The Hall–Kier alpha value is -2.09. The van der Waals surface area contributed by atoms with Crippen molar-refractivity contribution in [1.29, 1.82) is 0 Å². The van der Waals surface area contributed by atoms with Gasteiger partial charge in [-0.25, -0.2) is 0 Å². The highest BCUT2D eigenvalue weighted by atomic mass is 19.4. The molecule has 1 fully saturated rings. The molecule has 1 unspecified atom stereocenters. The van der Waals surface area contributed by atoms with Crippen LogP contribution in [0.25, 0.3) is 0 Å². The summed E-state index contributed by atoms with van der Waals surface area (Å²) in [4.78, 5) is 23.4. The Balaban J connectivity index is 1.89. The van der Waals surface area contributed by atoms with E-state index in [1.54, 1.807) is 5.32 Å². The molecule has 0 spiro atoms. The molecule has 0 bridgehead atoms. The van der Waals surface area contributed by atoms with Crippen LogP contribution in [0.4, 0.5) is 18.9 Å². The maximum Gasteiger partial charge on any atom is 0.405 e. The molecule has 1 aromatic carbocycles. The van der Waals surface area contributed by atoms with E-state index < -0.39 is 18.6 Å². The minimum Gasteiger partial charge on any atom is -0.343 e.